The summed E-state index contributed by atoms with van der Waals surface area (Å²) in [6.07, 6.45) is -2.58. The molecule has 1 aliphatic rings. The lowest BCUT2D eigenvalue weighted by Gasteiger charge is -2.13. The van der Waals surface area contributed by atoms with Gasteiger partial charge in [0.2, 0.25) is 0 Å². The van der Waals surface area contributed by atoms with Gasteiger partial charge in [-0.2, -0.15) is 13.2 Å². The second-order valence-electron chi connectivity index (χ2n) is 5.71. The molecule has 8 heteroatoms. The Morgan fingerprint density at radius 2 is 2.00 bits per heavy atom. The molecule has 124 valence electrons. The van der Waals surface area contributed by atoms with Crippen LogP contribution in [0.2, 0.25) is 0 Å². The summed E-state index contributed by atoms with van der Waals surface area (Å²) >= 11 is 0. The molecule has 24 heavy (non-hydrogen) atoms. The van der Waals surface area contributed by atoms with E-state index in [2.05, 4.69) is 20.5 Å². The first-order chi connectivity index (χ1) is 11.5. The number of para-hydroxylation sites is 1. The average molecular weight is 333 g/mol. The number of halogens is 3. The van der Waals surface area contributed by atoms with Crippen molar-refractivity contribution in [2.75, 3.05) is 5.32 Å². The number of pyridine rings is 1. The Hall–Kier alpha value is -2.64. The van der Waals surface area contributed by atoms with Crippen LogP contribution in [0.15, 0.2) is 30.3 Å². The van der Waals surface area contributed by atoms with Gasteiger partial charge in [-0.05, 0) is 18.6 Å². The Balaban J connectivity index is 1.69. The Kier molecular flexibility index (Phi) is 3.40. The summed E-state index contributed by atoms with van der Waals surface area (Å²) in [5.74, 6) is 1.67. The lowest BCUT2D eigenvalue weighted by Crippen LogP contribution is -2.11. The third kappa shape index (κ3) is 2.57. The van der Waals surface area contributed by atoms with Gasteiger partial charge in [0, 0.05) is 24.0 Å². The molecule has 0 atom stereocenters. The number of nitrogens with one attached hydrogen (secondary N) is 1. The summed E-state index contributed by atoms with van der Waals surface area (Å²) in [6.45, 7) is 1.17. The maximum Gasteiger partial charge on any atom is 0.433 e. The van der Waals surface area contributed by atoms with Crippen LogP contribution in [0.1, 0.15) is 23.8 Å². The van der Waals surface area contributed by atoms with Crippen molar-refractivity contribution in [3.05, 3.63) is 47.7 Å². The van der Waals surface area contributed by atoms with Crippen molar-refractivity contribution < 1.29 is 13.2 Å². The second-order valence-corrected chi connectivity index (χ2v) is 5.71. The van der Waals surface area contributed by atoms with Crippen molar-refractivity contribution in [3.63, 3.8) is 0 Å². The molecule has 0 fully saturated rings. The minimum absolute atomic E-state index is 0.307. The van der Waals surface area contributed by atoms with Gasteiger partial charge in [-0.25, -0.2) is 4.98 Å². The van der Waals surface area contributed by atoms with Crippen LogP contribution < -0.4 is 5.32 Å². The number of nitrogens with zero attached hydrogens (tertiary/aromatic N) is 4. The van der Waals surface area contributed by atoms with E-state index in [4.69, 9.17) is 0 Å². The van der Waals surface area contributed by atoms with Crippen LogP contribution in [0.25, 0.3) is 10.9 Å². The topological polar surface area (TPSA) is 55.6 Å². The molecule has 0 amide bonds. The molecule has 0 unspecified atom stereocenters. The molecule has 0 radical (unpaired) electrons. The summed E-state index contributed by atoms with van der Waals surface area (Å²) in [5, 5.41) is 11.9. The largest absolute Gasteiger partial charge is 0.433 e. The van der Waals surface area contributed by atoms with Gasteiger partial charge in [-0.3, -0.25) is 0 Å². The lowest BCUT2D eigenvalue weighted by atomic mass is 10.1. The van der Waals surface area contributed by atoms with Crippen molar-refractivity contribution in [2.45, 2.75) is 32.1 Å². The molecule has 3 aromatic rings. The molecule has 4 rings (SSSR count). The molecule has 0 saturated heterocycles. The molecule has 1 aliphatic heterocycles. The van der Waals surface area contributed by atoms with Gasteiger partial charge < -0.3 is 9.88 Å². The summed E-state index contributed by atoms with van der Waals surface area (Å²) < 4.78 is 41.2. The monoisotopic (exact) mass is 333 g/mol. The predicted molar refractivity (Wildman–Crippen MR) is 82.4 cm³/mol. The Morgan fingerprint density at radius 1 is 1.17 bits per heavy atom. The van der Waals surface area contributed by atoms with Crippen LogP contribution in [0.3, 0.4) is 0 Å². The van der Waals surface area contributed by atoms with Crippen LogP contribution in [-0.4, -0.2) is 19.7 Å². The summed E-state index contributed by atoms with van der Waals surface area (Å²) in [7, 11) is 0. The van der Waals surface area contributed by atoms with E-state index in [0.29, 0.717) is 23.1 Å². The zero-order valence-corrected chi connectivity index (χ0v) is 12.6. The molecule has 0 saturated carbocycles. The maximum absolute atomic E-state index is 13.1. The van der Waals surface area contributed by atoms with E-state index >= 15 is 0 Å². The average Bonchev–Trinajstić information content (AvgIpc) is 3.15. The Morgan fingerprint density at radius 3 is 2.83 bits per heavy atom. The molecule has 1 N–H and O–H groups in total. The number of hydrogen-bond acceptors (Lipinski definition) is 4. The molecular weight excluding hydrogens is 319 g/mol. The van der Waals surface area contributed by atoms with E-state index in [0.717, 1.165) is 37.1 Å². The van der Waals surface area contributed by atoms with Crippen LogP contribution in [0.5, 0.6) is 0 Å². The van der Waals surface area contributed by atoms with Gasteiger partial charge in [0.05, 0.1) is 12.1 Å². The molecule has 0 bridgehead atoms. The van der Waals surface area contributed by atoms with Gasteiger partial charge >= 0.3 is 6.18 Å². The summed E-state index contributed by atoms with van der Waals surface area (Å²) in [6, 6.07) is 7.81. The number of rotatable bonds is 3. The number of benzene rings is 1. The first-order valence-electron chi connectivity index (χ1n) is 7.64. The summed E-state index contributed by atoms with van der Waals surface area (Å²) in [5.41, 5.74) is -0.209. The Labute approximate surface area is 135 Å². The van der Waals surface area contributed by atoms with Crippen molar-refractivity contribution >= 4 is 16.6 Å². The zero-order valence-electron chi connectivity index (χ0n) is 12.6. The van der Waals surface area contributed by atoms with E-state index < -0.39 is 11.9 Å². The van der Waals surface area contributed by atoms with E-state index in [9.17, 15) is 13.2 Å². The van der Waals surface area contributed by atoms with Crippen LogP contribution in [0, 0.1) is 0 Å². The minimum atomic E-state index is -4.49. The fourth-order valence-electron chi connectivity index (χ4n) is 2.98. The fraction of sp³-hybridized carbons (Fsp3) is 0.312. The van der Waals surface area contributed by atoms with Gasteiger partial charge in [0.25, 0.3) is 0 Å². The predicted octanol–water partition coefficient (Wildman–Crippen LogP) is 3.40. The highest BCUT2D eigenvalue weighted by molar-refractivity contribution is 5.91. The van der Waals surface area contributed by atoms with Gasteiger partial charge in [0.1, 0.15) is 11.5 Å². The normalized spacial score (nSPS) is 14.1. The number of aromatic nitrogens is 4. The Bertz CT molecular complexity index is 900. The van der Waals surface area contributed by atoms with Crippen molar-refractivity contribution in [3.8, 4) is 0 Å². The highest BCUT2D eigenvalue weighted by Crippen LogP contribution is 2.33. The number of aryl methyl sites for hydroxylation is 1. The maximum atomic E-state index is 13.1. The highest BCUT2D eigenvalue weighted by Gasteiger charge is 2.33. The number of fused-ring (bicyclic) bond motifs is 2. The molecule has 5 nitrogen and oxygen atoms in total. The van der Waals surface area contributed by atoms with Crippen LogP contribution in [0.4, 0.5) is 18.9 Å². The van der Waals surface area contributed by atoms with Crippen LogP contribution in [-0.2, 0) is 25.7 Å². The quantitative estimate of drug-likeness (QED) is 0.798. The van der Waals surface area contributed by atoms with E-state index in [1.807, 2.05) is 4.57 Å². The van der Waals surface area contributed by atoms with Gasteiger partial charge in [0.15, 0.2) is 5.82 Å². The van der Waals surface area contributed by atoms with Gasteiger partial charge in [-0.1, -0.05) is 18.2 Å². The first kappa shape index (κ1) is 14.9. The standard InChI is InChI=1S/C16H14F3N5/c17-16(18,19)13-8-12(10-4-1-2-5-11(10)21-13)20-9-15-23-22-14-6-3-7-24(14)15/h1-2,4-5,8H,3,6-7,9H2,(H,20,21). The smallest absolute Gasteiger partial charge is 0.377 e. The minimum Gasteiger partial charge on any atom is -0.377 e. The van der Waals surface area contributed by atoms with Gasteiger partial charge in [-0.15, -0.1) is 10.2 Å². The zero-order chi connectivity index (χ0) is 16.7. The van der Waals surface area contributed by atoms with Crippen molar-refractivity contribution in [1.82, 2.24) is 19.7 Å². The fourth-order valence-corrected chi connectivity index (χ4v) is 2.98. The highest BCUT2D eigenvalue weighted by atomic mass is 19.4. The molecule has 3 heterocycles. The number of hydrogen-bond donors (Lipinski definition) is 1. The molecule has 1 aromatic carbocycles. The van der Waals surface area contributed by atoms with E-state index in [1.165, 1.54) is 0 Å². The third-order valence-electron chi connectivity index (χ3n) is 4.13. The summed E-state index contributed by atoms with van der Waals surface area (Å²) in [4.78, 5) is 3.71. The lowest BCUT2D eigenvalue weighted by molar-refractivity contribution is -0.140. The first-order valence-corrected chi connectivity index (χ1v) is 7.64. The molecule has 2 aromatic heterocycles. The molecular formula is C16H14F3N5. The number of alkyl halides is 3. The third-order valence-corrected chi connectivity index (χ3v) is 4.13. The van der Waals surface area contributed by atoms with Crippen molar-refractivity contribution in [1.29, 1.82) is 0 Å². The SMILES string of the molecule is FC(F)(F)c1cc(NCc2nnc3n2CCC3)c2ccccc2n1. The van der Waals surface area contributed by atoms with Crippen molar-refractivity contribution in [2.24, 2.45) is 0 Å². The van der Waals surface area contributed by atoms with E-state index in [1.54, 1.807) is 24.3 Å². The number of anilines is 1. The van der Waals surface area contributed by atoms with Crippen LogP contribution >= 0.6 is 0 Å². The van der Waals surface area contributed by atoms with E-state index in [-0.39, 0.29) is 0 Å². The molecule has 0 spiro atoms. The molecule has 0 aliphatic carbocycles. The second kappa shape index (κ2) is 5.47.